The Morgan fingerprint density at radius 2 is 2.00 bits per heavy atom. The largest absolute Gasteiger partial charge is 0.398 e. The van der Waals surface area contributed by atoms with Crippen LogP contribution >= 0.6 is 0 Å². The molecule has 3 aromatic rings. The lowest BCUT2D eigenvalue weighted by Gasteiger charge is -2.02. The van der Waals surface area contributed by atoms with Gasteiger partial charge in [-0.05, 0) is 30.7 Å². The maximum Gasteiger partial charge on any atom is 0.260 e. The highest BCUT2D eigenvalue weighted by atomic mass is 16.5. The Morgan fingerprint density at radius 1 is 1.11 bits per heavy atom. The van der Waals surface area contributed by atoms with Gasteiger partial charge in [0.05, 0.1) is 5.56 Å². The summed E-state index contributed by atoms with van der Waals surface area (Å²) in [7, 11) is 0. The van der Waals surface area contributed by atoms with E-state index < -0.39 is 0 Å². The van der Waals surface area contributed by atoms with Crippen molar-refractivity contribution in [2.75, 3.05) is 5.73 Å². The molecule has 0 spiro atoms. The standard InChI is InChI=1S/C14H12N4O/c1-9-5-4-6-10(12(9)15)14-17-13(18-19-14)11-7-2-3-8-16-11/h2-8H,15H2,1H3. The molecule has 0 unspecified atom stereocenters. The highest BCUT2D eigenvalue weighted by Crippen LogP contribution is 2.28. The minimum atomic E-state index is 0.404. The molecular weight excluding hydrogens is 240 g/mol. The molecule has 2 heterocycles. The molecule has 2 N–H and O–H groups in total. The second kappa shape index (κ2) is 4.53. The maximum absolute atomic E-state index is 6.02. The van der Waals surface area contributed by atoms with Gasteiger partial charge in [-0.3, -0.25) is 4.98 Å². The highest BCUT2D eigenvalue weighted by Gasteiger charge is 2.14. The topological polar surface area (TPSA) is 77.8 Å². The lowest BCUT2D eigenvalue weighted by atomic mass is 10.1. The minimum absolute atomic E-state index is 0.404. The van der Waals surface area contributed by atoms with Gasteiger partial charge in [-0.25, -0.2) is 0 Å². The van der Waals surface area contributed by atoms with Gasteiger partial charge in [-0.15, -0.1) is 0 Å². The molecule has 0 fully saturated rings. The third-order valence-corrected chi connectivity index (χ3v) is 2.87. The maximum atomic E-state index is 6.02. The van der Waals surface area contributed by atoms with Gasteiger partial charge in [0.25, 0.3) is 5.89 Å². The van der Waals surface area contributed by atoms with Crippen LogP contribution in [0.1, 0.15) is 5.56 Å². The van der Waals surface area contributed by atoms with Crippen LogP contribution in [0.25, 0.3) is 23.0 Å². The average Bonchev–Trinajstić information content (AvgIpc) is 2.92. The SMILES string of the molecule is Cc1cccc(-c2nc(-c3ccccn3)no2)c1N. The molecule has 0 amide bonds. The molecule has 5 heteroatoms. The zero-order chi connectivity index (χ0) is 13.2. The zero-order valence-corrected chi connectivity index (χ0v) is 10.4. The molecule has 0 aliphatic carbocycles. The summed E-state index contributed by atoms with van der Waals surface area (Å²) in [5.41, 5.74) is 9.07. The van der Waals surface area contributed by atoms with Crippen LogP contribution in [0, 0.1) is 6.92 Å². The van der Waals surface area contributed by atoms with Gasteiger partial charge in [0, 0.05) is 11.9 Å². The summed E-state index contributed by atoms with van der Waals surface area (Å²) in [5, 5.41) is 3.93. The monoisotopic (exact) mass is 252 g/mol. The van der Waals surface area contributed by atoms with Crippen molar-refractivity contribution in [1.29, 1.82) is 0 Å². The predicted octanol–water partition coefficient (Wildman–Crippen LogP) is 2.69. The van der Waals surface area contributed by atoms with E-state index in [1.807, 2.05) is 43.3 Å². The summed E-state index contributed by atoms with van der Waals surface area (Å²) < 4.78 is 5.26. The van der Waals surface area contributed by atoms with E-state index in [0.717, 1.165) is 11.1 Å². The van der Waals surface area contributed by atoms with Crippen molar-refractivity contribution in [2.24, 2.45) is 0 Å². The van der Waals surface area contributed by atoms with E-state index in [0.29, 0.717) is 23.1 Å². The predicted molar refractivity (Wildman–Crippen MR) is 72.1 cm³/mol. The molecule has 2 aromatic heterocycles. The van der Waals surface area contributed by atoms with Crippen molar-refractivity contribution in [3.8, 4) is 23.0 Å². The van der Waals surface area contributed by atoms with E-state index in [9.17, 15) is 0 Å². The first-order valence-electron chi connectivity index (χ1n) is 5.86. The molecular formula is C14H12N4O. The first-order valence-corrected chi connectivity index (χ1v) is 5.86. The lowest BCUT2D eigenvalue weighted by Crippen LogP contribution is -1.93. The van der Waals surface area contributed by atoms with Crippen molar-refractivity contribution in [3.05, 3.63) is 48.2 Å². The average molecular weight is 252 g/mol. The lowest BCUT2D eigenvalue weighted by molar-refractivity contribution is 0.432. The van der Waals surface area contributed by atoms with E-state index in [1.165, 1.54) is 0 Å². The van der Waals surface area contributed by atoms with Crippen LogP contribution in [0.5, 0.6) is 0 Å². The van der Waals surface area contributed by atoms with E-state index >= 15 is 0 Å². The number of aryl methyl sites for hydroxylation is 1. The fourth-order valence-electron chi connectivity index (χ4n) is 1.80. The van der Waals surface area contributed by atoms with Crippen molar-refractivity contribution < 1.29 is 4.52 Å². The quantitative estimate of drug-likeness (QED) is 0.709. The third kappa shape index (κ3) is 2.06. The Hall–Kier alpha value is -2.69. The number of hydrogen-bond donors (Lipinski definition) is 1. The summed E-state index contributed by atoms with van der Waals surface area (Å²) in [6.07, 6.45) is 1.69. The molecule has 0 aliphatic heterocycles. The van der Waals surface area contributed by atoms with E-state index in [2.05, 4.69) is 15.1 Å². The van der Waals surface area contributed by atoms with Crippen LogP contribution in [0.3, 0.4) is 0 Å². The Kier molecular flexibility index (Phi) is 2.72. The molecule has 94 valence electrons. The summed E-state index contributed by atoms with van der Waals surface area (Å²) in [4.78, 5) is 8.51. The number of aromatic nitrogens is 3. The molecule has 0 bridgehead atoms. The number of para-hydroxylation sites is 1. The van der Waals surface area contributed by atoms with Crippen LogP contribution in [-0.2, 0) is 0 Å². The Bertz CT molecular complexity index is 706. The van der Waals surface area contributed by atoms with Crippen molar-refractivity contribution >= 4 is 5.69 Å². The fourth-order valence-corrected chi connectivity index (χ4v) is 1.80. The van der Waals surface area contributed by atoms with Gasteiger partial charge in [-0.2, -0.15) is 4.98 Å². The third-order valence-electron chi connectivity index (χ3n) is 2.87. The van der Waals surface area contributed by atoms with Crippen molar-refractivity contribution in [1.82, 2.24) is 15.1 Å². The van der Waals surface area contributed by atoms with E-state index in [1.54, 1.807) is 6.20 Å². The molecule has 0 aliphatic rings. The number of nitrogens with two attached hydrogens (primary N) is 1. The van der Waals surface area contributed by atoms with Crippen molar-refractivity contribution in [2.45, 2.75) is 6.92 Å². The number of rotatable bonds is 2. The normalized spacial score (nSPS) is 10.6. The van der Waals surface area contributed by atoms with Crippen LogP contribution in [0.2, 0.25) is 0 Å². The Balaban J connectivity index is 2.05. The Morgan fingerprint density at radius 3 is 2.79 bits per heavy atom. The fraction of sp³-hybridized carbons (Fsp3) is 0.0714. The molecule has 0 radical (unpaired) electrons. The number of nitrogens with zero attached hydrogens (tertiary/aromatic N) is 3. The van der Waals surface area contributed by atoms with Crippen LogP contribution in [0.15, 0.2) is 47.1 Å². The van der Waals surface area contributed by atoms with Gasteiger partial charge in [0.2, 0.25) is 5.82 Å². The summed E-state index contributed by atoms with van der Waals surface area (Å²) >= 11 is 0. The van der Waals surface area contributed by atoms with Crippen LogP contribution in [-0.4, -0.2) is 15.1 Å². The molecule has 0 saturated heterocycles. The minimum Gasteiger partial charge on any atom is -0.398 e. The van der Waals surface area contributed by atoms with Crippen LogP contribution < -0.4 is 5.73 Å². The molecule has 5 nitrogen and oxygen atoms in total. The highest BCUT2D eigenvalue weighted by molar-refractivity contribution is 5.73. The number of nitrogen functional groups attached to an aromatic ring is 1. The first-order chi connectivity index (χ1) is 9.25. The van der Waals surface area contributed by atoms with Gasteiger partial charge in [0.15, 0.2) is 0 Å². The van der Waals surface area contributed by atoms with Gasteiger partial charge in [-0.1, -0.05) is 23.4 Å². The van der Waals surface area contributed by atoms with Gasteiger partial charge < -0.3 is 10.3 Å². The zero-order valence-electron chi connectivity index (χ0n) is 10.4. The van der Waals surface area contributed by atoms with Crippen LogP contribution in [0.4, 0.5) is 5.69 Å². The summed E-state index contributed by atoms with van der Waals surface area (Å²) in [5.74, 6) is 0.860. The molecule has 19 heavy (non-hydrogen) atoms. The summed E-state index contributed by atoms with van der Waals surface area (Å²) in [6, 6.07) is 11.2. The smallest absolute Gasteiger partial charge is 0.260 e. The molecule has 3 rings (SSSR count). The summed E-state index contributed by atoms with van der Waals surface area (Å²) in [6.45, 7) is 1.94. The Labute approximate surface area is 110 Å². The second-order valence-corrected chi connectivity index (χ2v) is 4.17. The number of hydrogen-bond acceptors (Lipinski definition) is 5. The molecule has 0 saturated carbocycles. The second-order valence-electron chi connectivity index (χ2n) is 4.17. The number of pyridine rings is 1. The first kappa shape index (κ1) is 11.4. The number of anilines is 1. The molecule has 0 atom stereocenters. The molecule has 1 aromatic carbocycles. The number of benzene rings is 1. The van der Waals surface area contributed by atoms with Gasteiger partial charge in [0.1, 0.15) is 5.69 Å². The van der Waals surface area contributed by atoms with E-state index in [4.69, 9.17) is 10.3 Å². The van der Waals surface area contributed by atoms with Crippen molar-refractivity contribution in [3.63, 3.8) is 0 Å². The van der Waals surface area contributed by atoms with E-state index in [-0.39, 0.29) is 0 Å². The van der Waals surface area contributed by atoms with Gasteiger partial charge >= 0.3 is 0 Å².